The van der Waals surface area contributed by atoms with Gasteiger partial charge in [0.25, 0.3) is 0 Å². The normalized spacial score (nSPS) is 10.5. The molecule has 170 valence electrons. The summed E-state index contributed by atoms with van der Waals surface area (Å²) in [6.07, 6.45) is 1.73. The summed E-state index contributed by atoms with van der Waals surface area (Å²) in [4.78, 5) is 6.55. The van der Waals surface area contributed by atoms with Crippen LogP contribution in [-0.2, 0) is 0 Å². The first-order valence-corrected chi connectivity index (χ1v) is 11.8. The smallest absolute Gasteiger partial charge is 0.127 e. The molecule has 1 aromatic heterocycles. The number of benzene rings is 3. The highest BCUT2D eigenvalue weighted by molar-refractivity contribution is 7.13. The van der Waals surface area contributed by atoms with Gasteiger partial charge in [0.2, 0.25) is 0 Å². The molecule has 0 aliphatic rings. The van der Waals surface area contributed by atoms with Gasteiger partial charge in [-0.05, 0) is 74.5 Å². The summed E-state index contributed by atoms with van der Waals surface area (Å²) in [7, 11) is 0. The number of aromatic hydroxyl groups is 1. The predicted molar refractivity (Wildman–Crippen MR) is 140 cm³/mol. The van der Waals surface area contributed by atoms with E-state index in [0.29, 0.717) is 0 Å². The van der Waals surface area contributed by atoms with Gasteiger partial charge in [-0.15, -0.1) is 11.3 Å². The number of hydrogen-bond donors (Lipinski definition) is 5. The van der Waals surface area contributed by atoms with Crippen LogP contribution in [-0.4, -0.2) is 23.2 Å². The number of nitrogens with zero attached hydrogens (tertiary/aromatic N) is 2. The summed E-state index contributed by atoms with van der Waals surface area (Å²) >= 11 is 1.49. The molecule has 0 fully saturated rings. The van der Waals surface area contributed by atoms with Gasteiger partial charge in [0.1, 0.15) is 10.8 Å². The molecule has 0 saturated heterocycles. The lowest BCUT2D eigenvalue weighted by molar-refractivity contribution is 0.477. The Labute approximate surface area is 198 Å². The molecule has 0 atom stereocenters. The maximum atomic E-state index is 10.3. The Hall–Kier alpha value is -3.91. The molecule has 8 heteroatoms. The van der Waals surface area contributed by atoms with E-state index in [4.69, 9.17) is 0 Å². The molecule has 0 aliphatic carbocycles. The molecule has 4 aromatic rings. The van der Waals surface area contributed by atoms with Crippen LogP contribution >= 0.6 is 11.3 Å². The second-order valence-corrected chi connectivity index (χ2v) is 8.26. The number of phenolic OH excluding ortho intramolecular Hbond substituents is 1. The summed E-state index contributed by atoms with van der Waals surface area (Å²) in [5.41, 5.74) is 18.2. The molecule has 0 saturated carbocycles. The fraction of sp³-hybridized carbons (Fsp3) is 0.160. The third kappa shape index (κ3) is 5.67. The van der Waals surface area contributed by atoms with Crippen LogP contribution in [0.5, 0.6) is 5.75 Å². The Balaban J connectivity index is 1.28. The van der Waals surface area contributed by atoms with Crippen LogP contribution < -0.4 is 26.6 Å². The SMILES string of the molecule is CCN(CC)c1ccc(NNc2ccc(NNc3ccc(-c4nccs4)c(O)c3)cc2)cc1. The molecule has 33 heavy (non-hydrogen) atoms. The van der Waals surface area contributed by atoms with Crippen molar-refractivity contribution in [1.29, 1.82) is 0 Å². The molecular weight excluding hydrogens is 432 g/mol. The number of thiazole rings is 1. The lowest BCUT2D eigenvalue weighted by Gasteiger charge is -2.21. The maximum Gasteiger partial charge on any atom is 0.127 e. The minimum Gasteiger partial charge on any atom is -0.507 e. The quantitative estimate of drug-likeness (QED) is 0.179. The molecule has 4 rings (SSSR count). The highest BCUT2D eigenvalue weighted by Crippen LogP contribution is 2.32. The molecule has 0 aliphatic heterocycles. The van der Waals surface area contributed by atoms with Crippen LogP contribution in [0, 0.1) is 0 Å². The molecule has 3 aromatic carbocycles. The minimum absolute atomic E-state index is 0.188. The van der Waals surface area contributed by atoms with E-state index >= 15 is 0 Å². The van der Waals surface area contributed by atoms with Gasteiger partial charge < -0.3 is 31.7 Å². The zero-order valence-corrected chi connectivity index (χ0v) is 19.5. The number of phenols is 1. The van der Waals surface area contributed by atoms with Crippen LogP contribution in [0.2, 0.25) is 0 Å². The molecule has 0 unspecified atom stereocenters. The average molecular weight is 461 g/mol. The topological polar surface area (TPSA) is 84.5 Å². The van der Waals surface area contributed by atoms with Crippen LogP contribution in [0.4, 0.5) is 28.4 Å². The van der Waals surface area contributed by atoms with Gasteiger partial charge in [-0.25, -0.2) is 4.98 Å². The van der Waals surface area contributed by atoms with E-state index in [0.717, 1.165) is 46.4 Å². The number of hydrazine groups is 2. The molecule has 5 N–H and O–H groups in total. The zero-order valence-electron chi connectivity index (χ0n) is 18.7. The second kappa shape index (κ2) is 10.6. The Morgan fingerprint density at radius 1 is 0.758 bits per heavy atom. The van der Waals surface area contributed by atoms with E-state index in [1.54, 1.807) is 12.3 Å². The van der Waals surface area contributed by atoms with Gasteiger partial charge in [-0.1, -0.05) is 0 Å². The lowest BCUT2D eigenvalue weighted by atomic mass is 10.2. The van der Waals surface area contributed by atoms with Crippen molar-refractivity contribution in [1.82, 2.24) is 4.98 Å². The van der Waals surface area contributed by atoms with E-state index in [9.17, 15) is 5.11 Å². The molecule has 0 amide bonds. The van der Waals surface area contributed by atoms with Crippen LogP contribution in [0.15, 0.2) is 78.3 Å². The van der Waals surface area contributed by atoms with Crippen molar-refractivity contribution in [2.75, 3.05) is 39.7 Å². The second-order valence-electron chi connectivity index (χ2n) is 7.37. The molecule has 0 spiro atoms. The third-order valence-corrected chi connectivity index (χ3v) is 6.05. The zero-order chi connectivity index (χ0) is 23.0. The summed E-state index contributed by atoms with van der Waals surface area (Å²) in [5, 5.41) is 13.0. The predicted octanol–water partition coefficient (Wildman–Crippen LogP) is 6.24. The molecule has 7 nitrogen and oxygen atoms in total. The van der Waals surface area contributed by atoms with E-state index in [1.165, 1.54) is 17.0 Å². The Morgan fingerprint density at radius 2 is 1.27 bits per heavy atom. The minimum atomic E-state index is 0.188. The summed E-state index contributed by atoms with van der Waals surface area (Å²) in [6, 6.07) is 21.7. The maximum absolute atomic E-state index is 10.3. The lowest BCUT2D eigenvalue weighted by Crippen LogP contribution is -2.21. The molecule has 1 heterocycles. The third-order valence-electron chi connectivity index (χ3n) is 5.24. The summed E-state index contributed by atoms with van der Waals surface area (Å²) in [5.74, 6) is 0.188. The van der Waals surface area contributed by atoms with Gasteiger partial charge in [-0.3, -0.25) is 0 Å². The Bertz CT molecular complexity index is 1140. The number of anilines is 5. The van der Waals surface area contributed by atoms with Crippen LogP contribution in [0.25, 0.3) is 10.6 Å². The van der Waals surface area contributed by atoms with Crippen molar-refractivity contribution in [2.45, 2.75) is 13.8 Å². The fourth-order valence-corrected chi connectivity index (χ4v) is 4.09. The molecule has 0 bridgehead atoms. The first-order valence-electron chi connectivity index (χ1n) is 10.9. The highest BCUT2D eigenvalue weighted by atomic mass is 32.1. The summed E-state index contributed by atoms with van der Waals surface area (Å²) < 4.78 is 0. The monoisotopic (exact) mass is 460 g/mol. The highest BCUT2D eigenvalue weighted by Gasteiger charge is 2.07. The number of aromatic nitrogens is 1. The van der Waals surface area contributed by atoms with E-state index < -0.39 is 0 Å². The number of rotatable bonds is 10. The van der Waals surface area contributed by atoms with Crippen molar-refractivity contribution < 1.29 is 5.11 Å². The van der Waals surface area contributed by atoms with Crippen LogP contribution in [0.3, 0.4) is 0 Å². The average Bonchev–Trinajstić information content (AvgIpc) is 3.38. The molecule has 0 radical (unpaired) electrons. The Morgan fingerprint density at radius 3 is 1.76 bits per heavy atom. The van der Waals surface area contributed by atoms with Gasteiger partial charge in [0, 0.05) is 36.4 Å². The van der Waals surface area contributed by atoms with E-state index in [-0.39, 0.29) is 5.75 Å². The van der Waals surface area contributed by atoms with Crippen molar-refractivity contribution >= 4 is 39.8 Å². The summed E-state index contributed by atoms with van der Waals surface area (Å²) in [6.45, 7) is 6.31. The molecular formula is C25H28N6OS. The van der Waals surface area contributed by atoms with Crippen molar-refractivity contribution in [3.8, 4) is 16.3 Å². The number of hydrogen-bond acceptors (Lipinski definition) is 8. The van der Waals surface area contributed by atoms with Crippen molar-refractivity contribution in [3.05, 3.63) is 78.3 Å². The first-order chi connectivity index (χ1) is 16.2. The Kier molecular flexibility index (Phi) is 7.16. The van der Waals surface area contributed by atoms with Gasteiger partial charge in [-0.2, -0.15) is 0 Å². The van der Waals surface area contributed by atoms with Crippen molar-refractivity contribution in [2.24, 2.45) is 0 Å². The van der Waals surface area contributed by atoms with Crippen molar-refractivity contribution in [3.63, 3.8) is 0 Å². The van der Waals surface area contributed by atoms with Gasteiger partial charge >= 0.3 is 0 Å². The number of nitrogens with one attached hydrogen (secondary N) is 4. The largest absolute Gasteiger partial charge is 0.507 e. The van der Waals surface area contributed by atoms with Gasteiger partial charge in [0.05, 0.1) is 28.3 Å². The van der Waals surface area contributed by atoms with E-state index in [2.05, 4.69) is 69.7 Å². The van der Waals surface area contributed by atoms with Crippen LogP contribution in [0.1, 0.15) is 13.8 Å². The fourth-order valence-electron chi connectivity index (χ4n) is 3.42. The van der Waals surface area contributed by atoms with Gasteiger partial charge in [0.15, 0.2) is 0 Å². The van der Waals surface area contributed by atoms with E-state index in [1.807, 2.05) is 41.8 Å². The first kappa shape index (κ1) is 22.3. The standard InChI is InChI=1S/C25H28N6OS/c1-3-31(4-2)22-12-9-20(10-13-22)28-27-18-5-7-19(8-6-18)29-30-21-11-14-23(24(32)17-21)25-26-15-16-33-25/h5-17,27-30,32H,3-4H2,1-2H3.